The predicted molar refractivity (Wildman–Crippen MR) is 81.4 cm³/mol. The Bertz CT molecular complexity index is 660. The maximum absolute atomic E-state index is 12.6. The van der Waals surface area contributed by atoms with Crippen molar-refractivity contribution in [3.63, 3.8) is 0 Å². The summed E-state index contributed by atoms with van der Waals surface area (Å²) in [7, 11) is 1.74. The summed E-state index contributed by atoms with van der Waals surface area (Å²) in [6, 6.07) is 10.0. The van der Waals surface area contributed by atoms with Crippen molar-refractivity contribution in [3.05, 3.63) is 53.3 Å². The van der Waals surface area contributed by atoms with E-state index in [1.807, 2.05) is 37.3 Å². The molecule has 0 saturated carbocycles. The Labute approximate surface area is 129 Å². The molecule has 0 radical (unpaired) electrons. The van der Waals surface area contributed by atoms with Gasteiger partial charge < -0.3 is 10.0 Å². The van der Waals surface area contributed by atoms with Gasteiger partial charge in [-0.25, -0.2) is 4.79 Å². The van der Waals surface area contributed by atoms with Crippen LogP contribution in [-0.2, 0) is 18.4 Å². The smallest absolute Gasteiger partial charge is 0.326 e. The summed E-state index contributed by atoms with van der Waals surface area (Å²) < 4.78 is 1.60. The van der Waals surface area contributed by atoms with E-state index in [1.165, 1.54) is 11.8 Å². The SMILES string of the molecule is Cc1cc(C(=O)N(Cc2ccccc2)[C@H](C)C(=O)O)nn1C. The van der Waals surface area contributed by atoms with Crippen molar-refractivity contribution in [1.82, 2.24) is 14.7 Å². The average Bonchev–Trinajstić information content (AvgIpc) is 2.84. The molecule has 116 valence electrons. The molecular formula is C16H19N3O3. The molecule has 1 aromatic carbocycles. The Morgan fingerprint density at radius 3 is 2.45 bits per heavy atom. The Morgan fingerprint density at radius 1 is 1.32 bits per heavy atom. The van der Waals surface area contributed by atoms with Gasteiger partial charge in [-0.15, -0.1) is 0 Å². The number of aliphatic carboxylic acids is 1. The Kier molecular flexibility index (Phi) is 4.60. The molecule has 6 nitrogen and oxygen atoms in total. The minimum absolute atomic E-state index is 0.225. The number of carboxylic acid groups (broad SMARTS) is 1. The van der Waals surface area contributed by atoms with Crippen LogP contribution in [0.15, 0.2) is 36.4 Å². The van der Waals surface area contributed by atoms with Crippen molar-refractivity contribution < 1.29 is 14.7 Å². The van der Waals surface area contributed by atoms with E-state index in [4.69, 9.17) is 0 Å². The van der Waals surface area contributed by atoms with Gasteiger partial charge in [0.2, 0.25) is 0 Å². The topological polar surface area (TPSA) is 75.4 Å². The fraction of sp³-hybridized carbons (Fsp3) is 0.312. The number of hydrogen-bond donors (Lipinski definition) is 1. The third-order valence-corrected chi connectivity index (χ3v) is 3.61. The fourth-order valence-electron chi connectivity index (χ4n) is 2.11. The Morgan fingerprint density at radius 2 is 1.95 bits per heavy atom. The Hall–Kier alpha value is -2.63. The summed E-state index contributed by atoms with van der Waals surface area (Å²) in [5, 5.41) is 13.4. The predicted octanol–water partition coefficient (Wildman–Crippen LogP) is 1.84. The van der Waals surface area contributed by atoms with E-state index in [2.05, 4.69) is 5.10 Å². The van der Waals surface area contributed by atoms with Crippen LogP contribution in [-0.4, -0.2) is 37.7 Å². The lowest BCUT2D eigenvalue weighted by Gasteiger charge is -2.25. The number of benzene rings is 1. The highest BCUT2D eigenvalue weighted by Gasteiger charge is 2.28. The molecule has 0 aliphatic carbocycles. The molecule has 2 rings (SSSR count). The van der Waals surface area contributed by atoms with Gasteiger partial charge in [0.05, 0.1) is 0 Å². The van der Waals surface area contributed by atoms with Gasteiger partial charge in [-0.3, -0.25) is 9.48 Å². The number of carbonyl (C=O) groups excluding carboxylic acids is 1. The fourth-order valence-corrected chi connectivity index (χ4v) is 2.11. The molecule has 1 aromatic heterocycles. The van der Waals surface area contributed by atoms with Crippen LogP contribution >= 0.6 is 0 Å². The van der Waals surface area contributed by atoms with Crippen molar-refractivity contribution >= 4 is 11.9 Å². The van der Waals surface area contributed by atoms with Crippen LogP contribution in [0.3, 0.4) is 0 Å². The molecule has 1 atom stereocenters. The number of carboxylic acids is 1. The summed E-state index contributed by atoms with van der Waals surface area (Å²) in [4.78, 5) is 25.3. The average molecular weight is 301 g/mol. The lowest BCUT2D eigenvalue weighted by molar-refractivity contribution is -0.141. The maximum atomic E-state index is 12.6. The molecule has 2 aromatic rings. The standard InChI is InChI=1S/C16H19N3O3/c1-11-9-14(17-18(11)3)15(20)19(12(2)16(21)22)10-13-7-5-4-6-8-13/h4-9,12H,10H2,1-3H3,(H,21,22)/t12-/m1/s1. The first-order chi connectivity index (χ1) is 10.4. The lowest BCUT2D eigenvalue weighted by Crippen LogP contribution is -2.43. The quantitative estimate of drug-likeness (QED) is 0.914. The van der Waals surface area contributed by atoms with Crippen molar-refractivity contribution in [2.24, 2.45) is 7.05 Å². The first-order valence-corrected chi connectivity index (χ1v) is 6.98. The zero-order valence-electron chi connectivity index (χ0n) is 12.9. The molecule has 1 amide bonds. The number of carbonyl (C=O) groups is 2. The number of nitrogens with zero attached hydrogens (tertiary/aromatic N) is 3. The van der Waals surface area contributed by atoms with Crippen LogP contribution in [0, 0.1) is 6.92 Å². The molecule has 22 heavy (non-hydrogen) atoms. The van der Waals surface area contributed by atoms with E-state index in [0.29, 0.717) is 0 Å². The van der Waals surface area contributed by atoms with E-state index in [0.717, 1.165) is 11.3 Å². The minimum Gasteiger partial charge on any atom is -0.480 e. The van der Waals surface area contributed by atoms with Crippen molar-refractivity contribution in [3.8, 4) is 0 Å². The van der Waals surface area contributed by atoms with E-state index in [1.54, 1.807) is 17.8 Å². The van der Waals surface area contributed by atoms with Crippen LogP contribution in [0.25, 0.3) is 0 Å². The van der Waals surface area contributed by atoms with E-state index >= 15 is 0 Å². The minimum atomic E-state index is -1.04. The largest absolute Gasteiger partial charge is 0.480 e. The van der Waals surface area contributed by atoms with Gasteiger partial charge in [0.15, 0.2) is 5.69 Å². The van der Waals surface area contributed by atoms with Crippen LogP contribution < -0.4 is 0 Å². The van der Waals surface area contributed by atoms with Crippen molar-refractivity contribution in [2.45, 2.75) is 26.4 Å². The molecule has 0 fully saturated rings. The molecule has 0 unspecified atom stereocenters. The number of rotatable bonds is 5. The number of amides is 1. The summed E-state index contributed by atoms with van der Waals surface area (Å²) in [6.45, 7) is 3.56. The van der Waals surface area contributed by atoms with Crippen LogP contribution in [0.1, 0.15) is 28.7 Å². The van der Waals surface area contributed by atoms with Gasteiger partial charge in [0, 0.05) is 19.3 Å². The van der Waals surface area contributed by atoms with Gasteiger partial charge in [-0.05, 0) is 25.5 Å². The van der Waals surface area contributed by atoms with Gasteiger partial charge in [0.25, 0.3) is 5.91 Å². The lowest BCUT2D eigenvalue weighted by atomic mass is 10.1. The Balaban J connectivity index is 2.31. The summed E-state index contributed by atoms with van der Waals surface area (Å²) in [5.74, 6) is -1.43. The molecule has 0 bridgehead atoms. The second-order valence-corrected chi connectivity index (χ2v) is 5.23. The van der Waals surface area contributed by atoms with Gasteiger partial charge in [-0.2, -0.15) is 5.10 Å². The third kappa shape index (κ3) is 3.33. The number of aromatic nitrogens is 2. The zero-order chi connectivity index (χ0) is 16.3. The highest BCUT2D eigenvalue weighted by Crippen LogP contribution is 2.14. The first kappa shape index (κ1) is 15.8. The molecule has 0 aliphatic rings. The van der Waals surface area contributed by atoms with Crippen LogP contribution in [0.4, 0.5) is 0 Å². The highest BCUT2D eigenvalue weighted by atomic mass is 16.4. The van der Waals surface area contributed by atoms with Gasteiger partial charge in [-0.1, -0.05) is 30.3 Å². The maximum Gasteiger partial charge on any atom is 0.326 e. The normalized spacial score (nSPS) is 12.0. The molecular weight excluding hydrogens is 282 g/mol. The van der Waals surface area contributed by atoms with Crippen LogP contribution in [0.2, 0.25) is 0 Å². The third-order valence-electron chi connectivity index (χ3n) is 3.61. The summed E-state index contributed by atoms with van der Waals surface area (Å²) in [6.07, 6.45) is 0. The second-order valence-electron chi connectivity index (χ2n) is 5.23. The molecule has 0 saturated heterocycles. The molecule has 1 N–H and O–H groups in total. The van der Waals surface area contributed by atoms with Crippen molar-refractivity contribution in [1.29, 1.82) is 0 Å². The summed E-state index contributed by atoms with van der Waals surface area (Å²) in [5.41, 5.74) is 1.96. The van der Waals surface area contributed by atoms with Gasteiger partial charge in [0.1, 0.15) is 6.04 Å². The highest BCUT2D eigenvalue weighted by molar-refractivity contribution is 5.95. The van der Waals surface area contributed by atoms with E-state index < -0.39 is 12.0 Å². The summed E-state index contributed by atoms with van der Waals surface area (Å²) >= 11 is 0. The van der Waals surface area contributed by atoms with E-state index in [9.17, 15) is 14.7 Å². The zero-order valence-corrected chi connectivity index (χ0v) is 12.9. The monoisotopic (exact) mass is 301 g/mol. The van der Waals surface area contributed by atoms with Crippen molar-refractivity contribution in [2.75, 3.05) is 0 Å². The molecule has 1 heterocycles. The number of hydrogen-bond acceptors (Lipinski definition) is 3. The number of aryl methyl sites for hydroxylation is 2. The van der Waals surface area contributed by atoms with Crippen LogP contribution in [0.5, 0.6) is 0 Å². The first-order valence-electron chi connectivity index (χ1n) is 6.98. The molecule has 0 spiro atoms. The van der Waals surface area contributed by atoms with Gasteiger partial charge >= 0.3 is 5.97 Å². The molecule has 6 heteroatoms. The van der Waals surface area contributed by atoms with E-state index in [-0.39, 0.29) is 18.1 Å². The second kappa shape index (κ2) is 6.43. The molecule has 0 aliphatic heterocycles.